The summed E-state index contributed by atoms with van der Waals surface area (Å²) in [6.07, 6.45) is 2.59. The summed E-state index contributed by atoms with van der Waals surface area (Å²) in [5, 5.41) is 0. The SMILES string of the molecule is CC(N)(C(=O)Cc1ccc(Cl)s1)C1CC1. The van der Waals surface area contributed by atoms with Gasteiger partial charge in [-0.1, -0.05) is 11.6 Å². The molecule has 0 aliphatic heterocycles. The zero-order valence-corrected chi connectivity index (χ0v) is 10.2. The molecule has 1 aliphatic rings. The second-order valence-electron chi connectivity index (χ2n) is 4.36. The van der Waals surface area contributed by atoms with Crippen molar-refractivity contribution in [3.05, 3.63) is 21.3 Å². The van der Waals surface area contributed by atoms with Crippen molar-refractivity contribution in [2.24, 2.45) is 11.7 Å². The number of nitrogens with two attached hydrogens (primary N) is 1. The van der Waals surface area contributed by atoms with Crippen LogP contribution in [0.3, 0.4) is 0 Å². The predicted octanol–water partition coefficient (Wildman–Crippen LogP) is 2.64. The Labute approximate surface area is 98.4 Å². The van der Waals surface area contributed by atoms with E-state index in [9.17, 15) is 4.79 Å². The molecule has 2 rings (SSSR count). The zero-order chi connectivity index (χ0) is 11.1. The van der Waals surface area contributed by atoms with Gasteiger partial charge >= 0.3 is 0 Å². The number of hydrogen-bond donors (Lipinski definition) is 1. The Balaban J connectivity index is 2.03. The van der Waals surface area contributed by atoms with E-state index in [0.29, 0.717) is 12.3 Å². The first-order chi connectivity index (χ1) is 7.00. The summed E-state index contributed by atoms with van der Waals surface area (Å²) in [5.41, 5.74) is 5.40. The van der Waals surface area contributed by atoms with Crippen LogP contribution in [0.15, 0.2) is 12.1 Å². The third-order valence-corrected chi connectivity index (χ3v) is 4.22. The highest BCUT2D eigenvalue weighted by molar-refractivity contribution is 7.16. The van der Waals surface area contributed by atoms with Crippen molar-refractivity contribution in [1.29, 1.82) is 0 Å². The van der Waals surface area contributed by atoms with Crippen molar-refractivity contribution in [3.63, 3.8) is 0 Å². The molecule has 1 aromatic heterocycles. The van der Waals surface area contributed by atoms with Gasteiger partial charge in [-0.25, -0.2) is 0 Å². The maximum absolute atomic E-state index is 12.0. The summed E-state index contributed by atoms with van der Waals surface area (Å²) in [5.74, 6) is 0.518. The van der Waals surface area contributed by atoms with Crippen LogP contribution >= 0.6 is 22.9 Å². The zero-order valence-electron chi connectivity index (χ0n) is 8.63. The molecule has 0 radical (unpaired) electrons. The minimum Gasteiger partial charge on any atom is -0.319 e. The molecule has 0 spiro atoms. The van der Waals surface area contributed by atoms with Crippen LogP contribution in [-0.4, -0.2) is 11.3 Å². The van der Waals surface area contributed by atoms with Gasteiger partial charge in [-0.2, -0.15) is 0 Å². The molecule has 1 atom stereocenters. The minimum absolute atomic E-state index is 0.128. The molecule has 2 N–H and O–H groups in total. The molecule has 1 saturated carbocycles. The Morgan fingerprint density at radius 1 is 1.67 bits per heavy atom. The van der Waals surface area contributed by atoms with Crippen LogP contribution in [0, 0.1) is 5.92 Å². The van der Waals surface area contributed by atoms with E-state index in [1.54, 1.807) is 0 Å². The molecule has 0 amide bonds. The van der Waals surface area contributed by atoms with Crippen LogP contribution in [-0.2, 0) is 11.2 Å². The van der Waals surface area contributed by atoms with Crippen molar-refractivity contribution in [3.8, 4) is 0 Å². The van der Waals surface area contributed by atoms with Crippen molar-refractivity contribution in [2.75, 3.05) is 0 Å². The van der Waals surface area contributed by atoms with Crippen LogP contribution in [0.2, 0.25) is 4.34 Å². The van der Waals surface area contributed by atoms with E-state index in [4.69, 9.17) is 17.3 Å². The Hall–Kier alpha value is -0.380. The average molecular weight is 244 g/mol. The van der Waals surface area contributed by atoms with Gasteiger partial charge < -0.3 is 5.73 Å². The lowest BCUT2D eigenvalue weighted by Crippen LogP contribution is -2.47. The topological polar surface area (TPSA) is 43.1 Å². The normalized spacial score (nSPS) is 19.9. The lowest BCUT2D eigenvalue weighted by Gasteiger charge is -2.22. The Morgan fingerprint density at radius 3 is 2.80 bits per heavy atom. The van der Waals surface area contributed by atoms with Gasteiger partial charge in [-0.05, 0) is 37.8 Å². The smallest absolute Gasteiger partial charge is 0.157 e. The molecule has 0 bridgehead atoms. The van der Waals surface area contributed by atoms with Crippen LogP contribution in [0.4, 0.5) is 0 Å². The van der Waals surface area contributed by atoms with Gasteiger partial charge in [-0.3, -0.25) is 4.79 Å². The van der Waals surface area contributed by atoms with Crippen LogP contribution in [0.25, 0.3) is 0 Å². The molecule has 1 heterocycles. The highest BCUT2D eigenvalue weighted by Crippen LogP contribution is 2.39. The largest absolute Gasteiger partial charge is 0.319 e. The number of halogens is 1. The van der Waals surface area contributed by atoms with Gasteiger partial charge in [0.2, 0.25) is 0 Å². The van der Waals surface area contributed by atoms with Gasteiger partial charge in [0.25, 0.3) is 0 Å². The monoisotopic (exact) mass is 243 g/mol. The van der Waals surface area contributed by atoms with Gasteiger partial charge in [0.05, 0.1) is 9.88 Å². The van der Waals surface area contributed by atoms with E-state index in [1.165, 1.54) is 11.3 Å². The molecule has 1 unspecified atom stereocenters. The fourth-order valence-electron chi connectivity index (χ4n) is 1.71. The molecule has 15 heavy (non-hydrogen) atoms. The lowest BCUT2D eigenvalue weighted by atomic mass is 9.90. The first-order valence-electron chi connectivity index (χ1n) is 5.06. The van der Waals surface area contributed by atoms with Crippen LogP contribution in [0.5, 0.6) is 0 Å². The van der Waals surface area contributed by atoms with E-state index >= 15 is 0 Å². The summed E-state index contributed by atoms with van der Waals surface area (Å²) in [6.45, 7) is 1.85. The van der Waals surface area contributed by atoms with Gasteiger partial charge in [-0.15, -0.1) is 11.3 Å². The molecule has 2 nitrogen and oxygen atoms in total. The molecular formula is C11H14ClNOS. The minimum atomic E-state index is -0.642. The molecule has 1 fully saturated rings. The molecule has 4 heteroatoms. The highest BCUT2D eigenvalue weighted by Gasteiger charge is 2.43. The number of thiophene rings is 1. The van der Waals surface area contributed by atoms with Crippen molar-refractivity contribution in [2.45, 2.75) is 31.7 Å². The van der Waals surface area contributed by atoms with Gasteiger partial charge in [0.1, 0.15) is 0 Å². The number of ketones is 1. The number of carbonyl (C=O) groups is 1. The molecule has 0 saturated heterocycles. The average Bonchev–Trinajstić information content (AvgIpc) is 2.92. The van der Waals surface area contributed by atoms with E-state index in [-0.39, 0.29) is 5.78 Å². The third kappa shape index (κ3) is 2.41. The fourth-order valence-corrected chi connectivity index (χ4v) is 2.79. The van der Waals surface area contributed by atoms with Crippen molar-refractivity contribution >= 4 is 28.7 Å². The quantitative estimate of drug-likeness (QED) is 0.884. The van der Waals surface area contributed by atoms with E-state index < -0.39 is 5.54 Å². The highest BCUT2D eigenvalue weighted by atomic mass is 35.5. The second kappa shape index (κ2) is 3.89. The second-order valence-corrected chi connectivity index (χ2v) is 6.16. The molecule has 1 aromatic rings. The maximum atomic E-state index is 12.0. The number of Topliss-reactive ketones (excluding diaryl/α,β-unsaturated/α-hetero) is 1. The fraction of sp³-hybridized carbons (Fsp3) is 0.545. The van der Waals surface area contributed by atoms with Crippen LogP contribution < -0.4 is 5.73 Å². The van der Waals surface area contributed by atoms with Crippen LogP contribution in [0.1, 0.15) is 24.6 Å². The maximum Gasteiger partial charge on any atom is 0.157 e. The van der Waals surface area contributed by atoms with E-state index in [2.05, 4.69) is 0 Å². The third-order valence-electron chi connectivity index (χ3n) is 2.99. The van der Waals surface area contributed by atoms with Crippen molar-refractivity contribution < 1.29 is 4.79 Å². The summed E-state index contributed by atoms with van der Waals surface area (Å²) in [6, 6.07) is 3.72. The first-order valence-corrected chi connectivity index (χ1v) is 6.26. The molecular weight excluding hydrogens is 230 g/mol. The Morgan fingerprint density at radius 2 is 2.33 bits per heavy atom. The molecule has 82 valence electrons. The number of hydrogen-bond acceptors (Lipinski definition) is 3. The number of carbonyl (C=O) groups excluding carboxylic acids is 1. The number of rotatable bonds is 4. The van der Waals surface area contributed by atoms with E-state index in [1.807, 2.05) is 19.1 Å². The molecule has 1 aliphatic carbocycles. The van der Waals surface area contributed by atoms with E-state index in [0.717, 1.165) is 22.1 Å². The Kier molecular flexibility index (Phi) is 2.88. The summed E-state index contributed by atoms with van der Waals surface area (Å²) in [7, 11) is 0. The van der Waals surface area contributed by atoms with Crippen molar-refractivity contribution in [1.82, 2.24) is 0 Å². The summed E-state index contributed by atoms with van der Waals surface area (Å²) >= 11 is 7.26. The Bertz CT molecular complexity index is 382. The van der Waals surface area contributed by atoms with Gasteiger partial charge in [0, 0.05) is 11.3 Å². The molecule has 0 aromatic carbocycles. The van der Waals surface area contributed by atoms with Gasteiger partial charge in [0.15, 0.2) is 5.78 Å². The first kappa shape index (κ1) is 11.1. The standard InChI is InChI=1S/C11H14ClNOS/c1-11(13,7-2-3-7)9(14)6-8-4-5-10(12)15-8/h4-5,7H,2-3,6,13H2,1H3. The predicted molar refractivity (Wildman–Crippen MR) is 63.4 cm³/mol. The summed E-state index contributed by atoms with van der Waals surface area (Å²) in [4.78, 5) is 13.0. The summed E-state index contributed by atoms with van der Waals surface area (Å²) < 4.78 is 0.725. The lowest BCUT2D eigenvalue weighted by molar-refractivity contribution is -0.123.